The van der Waals surface area contributed by atoms with Crippen LogP contribution in [0, 0.1) is 20.8 Å². The van der Waals surface area contributed by atoms with Crippen LogP contribution in [-0.4, -0.2) is 25.5 Å². The minimum atomic E-state index is -0.371. The Bertz CT molecular complexity index is 864. The van der Waals surface area contributed by atoms with Crippen LogP contribution in [0.2, 0.25) is 0 Å². The van der Waals surface area contributed by atoms with Crippen molar-refractivity contribution in [2.75, 3.05) is 5.32 Å². The second-order valence-electron chi connectivity index (χ2n) is 5.99. The molecule has 3 aromatic rings. The molecular weight excluding hydrogens is 302 g/mol. The maximum absolute atomic E-state index is 12.6. The van der Waals surface area contributed by atoms with E-state index in [9.17, 15) is 4.79 Å². The highest BCUT2D eigenvalue weighted by Gasteiger charge is 2.18. The Balaban J connectivity index is 1.78. The van der Waals surface area contributed by atoms with E-state index in [4.69, 9.17) is 0 Å². The summed E-state index contributed by atoms with van der Waals surface area (Å²) >= 11 is 0. The number of hydrogen-bond acceptors (Lipinski definition) is 3. The molecule has 0 aliphatic carbocycles. The maximum Gasteiger partial charge on any atom is 0.248 e. The molecule has 0 saturated carbocycles. The molecule has 0 aliphatic rings. The van der Waals surface area contributed by atoms with Crippen molar-refractivity contribution >= 4 is 11.6 Å². The lowest BCUT2D eigenvalue weighted by molar-refractivity contribution is -0.119. The highest BCUT2D eigenvalue weighted by Crippen LogP contribution is 2.20. The summed E-state index contributed by atoms with van der Waals surface area (Å²) in [6, 6.07) is 9.30. The van der Waals surface area contributed by atoms with Crippen LogP contribution in [0.4, 0.5) is 5.69 Å². The molecule has 2 heterocycles. The maximum atomic E-state index is 12.6. The van der Waals surface area contributed by atoms with Gasteiger partial charge in [0.05, 0.1) is 11.4 Å². The molecule has 124 valence electrons. The Hall–Kier alpha value is -2.89. The van der Waals surface area contributed by atoms with Gasteiger partial charge in [-0.3, -0.25) is 9.48 Å². The zero-order valence-corrected chi connectivity index (χ0v) is 14.3. The number of rotatable bonds is 4. The van der Waals surface area contributed by atoms with Crippen molar-refractivity contribution < 1.29 is 4.79 Å². The van der Waals surface area contributed by atoms with Crippen LogP contribution in [0.5, 0.6) is 0 Å². The van der Waals surface area contributed by atoms with Gasteiger partial charge in [-0.05, 0) is 63.6 Å². The molecule has 1 unspecified atom stereocenters. The van der Waals surface area contributed by atoms with E-state index in [1.807, 2.05) is 64.2 Å². The van der Waals surface area contributed by atoms with E-state index in [0.717, 1.165) is 28.3 Å². The van der Waals surface area contributed by atoms with Gasteiger partial charge in [0.1, 0.15) is 6.04 Å². The molecule has 1 N–H and O–H groups in total. The fourth-order valence-corrected chi connectivity index (χ4v) is 2.74. The molecule has 0 spiro atoms. The van der Waals surface area contributed by atoms with Gasteiger partial charge in [-0.25, -0.2) is 4.68 Å². The number of nitrogens with one attached hydrogen (secondary N) is 1. The number of aryl methyl sites for hydroxylation is 3. The standard InChI is InChI=1S/C18H21N5O/c1-12-10-16(22-9-5-8-19-22)6-7-17(12)20-18(24)15(4)23-14(3)11-13(2)21-23/h5-11,15H,1-4H3,(H,20,24). The number of nitrogens with zero attached hydrogens (tertiary/aromatic N) is 4. The number of aromatic nitrogens is 4. The van der Waals surface area contributed by atoms with Gasteiger partial charge >= 0.3 is 0 Å². The third-order valence-corrected chi connectivity index (χ3v) is 4.03. The lowest BCUT2D eigenvalue weighted by Crippen LogP contribution is -2.25. The smallest absolute Gasteiger partial charge is 0.248 e. The SMILES string of the molecule is Cc1cc(C)n(C(C)C(=O)Nc2ccc(-n3cccn3)cc2C)n1. The molecule has 24 heavy (non-hydrogen) atoms. The van der Waals surface area contributed by atoms with Gasteiger partial charge in [-0.2, -0.15) is 10.2 Å². The first-order chi connectivity index (χ1) is 11.5. The molecule has 0 aliphatic heterocycles. The number of hydrogen-bond donors (Lipinski definition) is 1. The quantitative estimate of drug-likeness (QED) is 0.802. The Morgan fingerprint density at radius 3 is 2.58 bits per heavy atom. The normalized spacial score (nSPS) is 12.2. The van der Waals surface area contributed by atoms with Gasteiger partial charge in [-0.15, -0.1) is 0 Å². The lowest BCUT2D eigenvalue weighted by atomic mass is 10.1. The van der Waals surface area contributed by atoms with Gasteiger partial charge in [0.2, 0.25) is 5.91 Å². The Kier molecular flexibility index (Phi) is 4.20. The third kappa shape index (κ3) is 3.08. The number of amides is 1. The molecule has 1 amide bonds. The van der Waals surface area contributed by atoms with Crippen LogP contribution in [0.1, 0.15) is 29.9 Å². The van der Waals surface area contributed by atoms with Gasteiger partial charge in [0.25, 0.3) is 0 Å². The molecule has 0 fully saturated rings. The number of anilines is 1. The van der Waals surface area contributed by atoms with Crippen molar-refractivity contribution in [3.63, 3.8) is 0 Å². The molecule has 1 aromatic carbocycles. The topological polar surface area (TPSA) is 64.7 Å². The van der Waals surface area contributed by atoms with Gasteiger partial charge < -0.3 is 5.32 Å². The van der Waals surface area contributed by atoms with Crippen LogP contribution in [0.25, 0.3) is 5.69 Å². The molecule has 2 aromatic heterocycles. The monoisotopic (exact) mass is 323 g/mol. The van der Waals surface area contributed by atoms with Crippen LogP contribution in [0.3, 0.4) is 0 Å². The zero-order valence-electron chi connectivity index (χ0n) is 14.3. The van der Waals surface area contributed by atoms with Gasteiger partial charge in [0, 0.05) is 23.8 Å². The highest BCUT2D eigenvalue weighted by molar-refractivity contribution is 5.94. The van der Waals surface area contributed by atoms with E-state index in [0.29, 0.717) is 0 Å². The van der Waals surface area contributed by atoms with E-state index in [2.05, 4.69) is 15.5 Å². The minimum absolute atomic E-state index is 0.0869. The molecule has 1 atom stereocenters. The fraction of sp³-hybridized carbons (Fsp3) is 0.278. The predicted octanol–water partition coefficient (Wildman–Crippen LogP) is 3.19. The van der Waals surface area contributed by atoms with Crippen molar-refractivity contribution in [1.29, 1.82) is 0 Å². The average molecular weight is 323 g/mol. The third-order valence-electron chi connectivity index (χ3n) is 4.03. The van der Waals surface area contributed by atoms with E-state index in [1.54, 1.807) is 15.6 Å². The fourth-order valence-electron chi connectivity index (χ4n) is 2.74. The van der Waals surface area contributed by atoms with Crippen molar-refractivity contribution in [2.24, 2.45) is 0 Å². The first-order valence-corrected chi connectivity index (χ1v) is 7.90. The molecule has 0 radical (unpaired) electrons. The predicted molar refractivity (Wildman–Crippen MR) is 93.3 cm³/mol. The second-order valence-corrected chi connectivity index (χ2v) is 5.99. The Labute approximate surface area is 141 Å². The van der Waals surface area contributed by atoms with Crippen molar-refractivity contribution in [1.82, 2.24) is 19.6 Å². The van der Waals surface area contributed by atoms with E-state index >= 15 is 0 Å². The summed E-state index contributed by atoms with van der Waals surface area (Å²) < 4.78 is 3.54. The zero-order chi connectivity index (χ0) is 17.3. The number of benzene rings is 1. The summed E-state index contributed by atoms with van der Waals surface area (Å²) in [6.07, 6.45) is 3.62. The second kappa shape index (κ2) is 6.31. The molecule has 6 heteroatoms. The van der Waals surface area contributed by atoms with Gasteiger partial charge in [-0.1, -0.05) is 0 Å². The summed E-state index contributed by atoms with van der Waals surface area (Å²) in [5.74, 6) is -0.0869. The van der Waals surface area contributed by atoms with Crippen molar-refractivity contribution in [3.8, 4) is 5.69 Å². The average Bonchev–Trinajstić information content (AvgIpc) is 3.18. The minimum Gasteiger partial charge on any atom is -0.324 e. The largest absolute Gasteiger partial charge is 0.324 e. The van der Waals surface area contributed by atoms with E-state index in [-0.39, 0.29) is 11.9 Å². The summed E-state index contributed by atoms with van der Waals surface area (Å²) in [5.41, 5.74) is 4.62. The van der Waals surface area contributed by atoms with Crippen LogP contribution in [0.15, 0.2) is 42.7 Å². The van der Waals surface area contributed by atoms with Crippen molar-refractivity contribution in [3.05, 3.63) is 59.7 Å². The lowest BCUT2D eigenvalue weighted by Gasteiger charge is -2.16. The molecule has 0 saturated heterocycles. The summed E-state index contributed by atoms with van der Waals surface area (Å²) in [4.78, 5) is 12.6. The van der Waals surface area contributed by atoms with E-state index in [1.165, 1.54) is 0 Å². The van der Waals surface area contributed by atoms with E-state index < -0.39 is 0 Å². The van der Waals surface area contributed by atoms with Crippen LogP contribution >= 0.6 is 0 Å². The first-order valence-electron chi connectivity index (χ1n) is 7.90. The molecule has 0 bridgehead atoms. The summed E-state index contributed by atoms with van der Waals surface area (Å²) in [5, 5.41) is 11.6. The Morgan fingerprint density at radius 2 is 2.00 bits per heavy atom. The number of carbonyl (C=O) groups excluding carboxylic acids is 1. The van der Waals surface area contributed by atoms with Gasteiger partial charge in [0.15, 0.2) is 0 Å². The Morgan fingerprint density at radius 1 is 1.21 bits per heavy atom. The summed E-state index contributed by atoms with van der Waals surface area (Å²) in [7, 11) is 0. The number of carbonyl (C=O) groups is 1. The molecule has 3 rings (SSSR count). The van der Waals surface area contributed by atoms with Crippen molar-refractivity contribution in [2.45, 2.75) is 33.7 Å². The van der Waals surface area contributed by atoms with Crippen LogP contribution < -0.4 is 5.32 Å². The molecular formula is C18H21N5O. The first kappa shape index (κ1) is 16.0. The molecule has 6 nitrogen and oxygen atoms in total. The highest BCUT2D eigenvalue weighted by atomic mass is 16.2. The van der Waals surface area contributed by atoms with Crippen LogP contribution in [-0.2, 0) is 4.79 Å². The summed E-state index contributed by atoms with van der Waals surface area (Å²) in [6.45, 7) is 7.69.